The highest BCUT2D eigenvalue weighted by Gasteiger charge is 2.40. The van der Waals surface area contributed by atoms with Gasteiger partial charge in [-0.25, -0.2) is 4.99 Å². The molecule has 0 aromatic heterocycles. The molecule has 0 bridgehead atoms. The number of unbranched alkanes of at least 4 members (excludes halogenated alkanes) is 9. The number of aryl methyl sites for hydroxylation is 2. The predicted octanol–water partition coefficient (Wildman–Crippen LogP) is 14.1. The van der Waals surface area contributed by atoms with Gasteiger partial charge in [-0.3, -0.25) is 4.99 Å². The second kappa shape index (κ2) is 16.8. The second-order valence-electron chi connectivity index (χ2n) is 16.7. The molecular formula is C49H63N3. The van der Waals surface area contributed by atoms with Gasteiger partial charge in [-0.2, -0.15) is 0 Å². The molecule has 0 saturated heterocycles. The smallest absolute Gasteiger partial charge is 0.0698 e. The molecule has 0 amide bonds. The van der Waals surface area contributed by atoms with Crippen molar-refractivity contribution in [1.29, 1.82) is 0 Å². The van der Waals surface area contributed by atoms with Crippen LogP contribution in [0.25, 0.3) is 0 Å². The maximum atomic E-state index is 5.31. The lowest BCUT2D eigenvalue weighted by molar-refractivity contribution is 0.554. The number of allylic oxidation sites excluding steroid dienone is 6. The minimum absolute atomic E-state index is 0.0650. The zero-order valence-corrected chi connectivity index (χ0v) is 33.3. The molecule has 2 aliphatic heterocycles. The van der Waals surface area contributed by atoms with Gasteiger partial charge in [-0.15, -0.1) is 0 Å². The van der Waals surface area contributed by atoms with Crippen LogP contribution in [0.1, 0.15) is 140 Å². The van der Waals surface area contributed by atoms with E-state index in [0.29, 0.717) is 0 Å². The molecule has 6 rings (SSSR count). The van der Waals surface area contributed by atoms with E-state index in [-0.39, 0.29) is 10.8 Å². The Morgan fingerprint density at radius 1 is 0.692 bits per heavy atom. The molecule has 3 aromatic carbocycles. The van der Waals surface area contributed by atoms with Crippen molar-refractivity contribution in [3.8, 4) is 0 Å². The maximum absolute atomic E-state index is 5.31. The van der Waals surface area contributed by atoms with Crippen LogP contribution < -0.4 is 4.90 Å². The van der Waals surface area contributed by atoms with Crippen LogP contribution in [0.2, 0.25) is 0 Å². The quantitative estimate of drug-likeness (QED) is 0.146. The number of rotatable bonds is 15. The molecule has 0 atom stereocenters. The monoisotopic (exact) mass is 694 g/mol. The van der Waals surface area contributed by atoms with Crippen LogP contribution in [-0.4, -0.2) is 18.0 Å². The van der Waals surface area contributed by atoms with Gasteiger partial charge in [0.1, 0.15) is 0 Å². The molecule has 1 aliphatic carbocycles. The second-order valence-corrected chi connectivity index (χ2v) is 16.7. The van der Waals surface area contributed by atoms with E-state index in [1.54, 1.807) is 0 Å². The minimum atomic E-state index is -0.0735. The first-order chi connectivity index (χ1) is 25.1. The molecule has 0 radical (unpaired) electrons. The molecular weight excluding hydrogens is 631 g/mol. The minimum Gasteiger partial charge on any atom is -0.344 e. The van der Waals surface area contributed by atoms with E-state index in [4.69, 9.17) is 9.98 Å². The Kier molecular flexibility index (Phi) is 12.2. The SMILES string of the molecule is CCCCCCCCCCCCN1C(=CC=C2CCC(=CCC3=Nc4ccc(C)cc4C3(C)C)C2=Nc2ccccc2)C(C)(C)c2cc(C)ccc21. The van der Waals surface area contributed by atoms with Crippen LogP contribution in [0.15, 0.2) is 112 Å². The maximum Gasteiger partial charge on any atom is 0.0698 e. The van der Waals surface area contributed by atoms with Crippen molar-refractivity contribution in [1.82, 2.24) is 0 Å². The summed E-state index contributed by atoms with van der Waals surface area (Å²) < 4.78 is 0. The van der Waals surface area contributed by atoms with E-state index in [9.17, 15) is 0 Å². The topological polar surface area (TPSA) is 28.0 Å². The van der Waals surface area contributed by atoms with Gasteiger partial charge in [-0.05, 0) is 85.7 Å². The molecule has 1 saturated carbocycles. The summed E-state index contributed by atoms with van der Waals surface area (Å²) in [7, 11) is 0. The van der Waals surface area contributed by atoms with E-state index >= 15 is 0 Å². The summed E-state index contributed by atoms with van der Waals surface area (Å²) in [6, 6.07) is 24.2. The number of para-hydroxylation sites is 1. The number of aliphatic imine (C=N–C) groups is 2. The van der Waals surface area contributed by atoms with Crippen molar-refractivity contribution in [2.24, 2.45) is 9.98 Å². The first kappa shape index (κ1) is 37.8. The number of nitrogens with zero attached hydrogens (tertiary/aromatic N) is 3. The molecule has 1 fully saturated rings. The van der Waals surface area contributed by atoms with Crippen LogP contribution in [-0.2, 0) is 10.8 Å². The predicted molar refractivity (Wildman–Crippen MR) is 226 cm³/mol. The van der Waals surface area contributed by atoms with Crippen LogP contribution in [0, 0.1) is 13.8 Å². The van der Waals surface area contributed by atoms with E-state index in [2.05, 4.69) is 138 Å². The highest BCUT2D eigenvalue weighted by atomic mass is 15.2. The lowest BCUT2D eigenvalue weighted by atomic mass is 9.79. The Balaban J connectivity index is 1.23. The average molecular weight is 694 g/mol. The average Bonchev–Trinajstić information content (AvgIpc) is 3.69. The van der Waals surface area contributed by atoms with Gasteiger partial charge in [-0.1, -0.05) is 158 Å². The Morgan fingerprint density at radius 2 is 1.33 bits per heavy atom. The molecule has 0 spiro atoms. The number of fused-ring (bicyclic) bond motifs is 2. The number of hydrogen-bond donors (Lipinski definition) is 0. The molecule has 3 nitrogen and oxygen atoms in total. The van der Waals surface area contributed by atoms with E-state index in [1.807, 2.05) is 0 Å². The van der Waals surface area contributed by atoms with Gasteiger partial charge >= 0.3 is 0 Å². The summed E-state index contributed by atoms with van der Waals surface area (Å²) in [6.45, 7) is 17.2. The highest BCUT2D eigenvalue weighted by molar-refractivity contribution is 6.16. The van der Waals surface area contributed by atoms with Crippen molar-refractivity contribution in [3.05, 3.63) is 124 Å². The first-order valence-corrected chi connectivity index (χ1v) is 20.4. The van der Waals surface area contributed by atoms with Crippen molar-refractivity contribution in [2.75, 3.05) is 11.4 Å². The Bertz CT molecular complexity index is 1860. The molecule has 0 N–H and O–H groups in total. The third-order valence-electron chi connectivity index (χ3n) is 11.8. The standard InChI is InChI=1S/C49H63N3/c1-8-9-10-11-12-13-14-15-16-20-33-52-44-30-24-37(3)35-42(44)49(6,7)46(52)32-28-39-26-25-38(47(39)50-40-21-18-17-19-22-40)27-31-45-48(4,5)41-34-36(2)23-29-43(41)51-45/h17-19,21-24,27-30,32,34-35H,8-16,20,25-26,31,33H2,1-7H3. The van der Waals surface area contributed by atoms with Crippen molar-refractivity contribution < 1.29 is 0 Å². The third-order valence-corrected chi connectivity index (χ3v) is 11.8. The summed E-state index contributed by atoms with van der Waals surface area (Å²) in [5.74, 6) is 0. The lowest BCUT2D eigenvalue weighted by Gasteiger charge is -2.27. The fourth-order valence-corrected chi connectivity index (χ4v) is 8.52. The van der Waals surface area contributed by atoms with Crippen LogP contribution in [0.3, 0.4) is 0 Å². The van der Waals surface area contributed by atoms with Gasteiger partial charge in [0, 0.05) is 40.9 Å². The van der Waals surface area contributed by atoms with E-state index in [0.717, 1.165) is 42.9 Å². The van der Waals surface area contributed by atoms with Gasteiger partial charge in [0.25, 0.3) is 0 Å². The molecule has 3 aromatic rings. The Morgan fingerprint density at radius 3 is 2.04 bits per heavy atom. The largest absolute Gasteiger partial charge is 0.344 e. The third kappa shape index (κ3) is 8.46. The Labute approximate surface area is 315 Å². The van der Waals surface area contributed by atoms with Gasteiger partial charge in [0.05, 0.1) is 17.1 Å². The molecule has 3 heteroatoms. The van der Waals surface area contributed by atoms with Crippen molar-refractivity contribution >= 4 is 28.5 Å². The number of hydrogen-bond acceptors (Lipinski definition) is 3. The fraction of sp³-hybridized carbons (Fsp3) is 0.469. The summed E-state index contributed by atoms with van der Waals surface area (Å²) in [4.78, 5) is 13.1. The number of anilines is 1. The molecule has 3 aliphatic rings. The van der Waals surface area contributed by atoms with Crippen LogP contribution in [0.5, 0.6) is 0 Å². The zero-order chi connectivity index (χ0) is 36.7. The van der Waals surface area contributed by atoms with Gasteiger partial charge in [0.2, 0.25) is 0 Å². The fourth-order valence-electron chi connectivity index (χ4n) is 8.52. The molecule has 0 unspecified atom stereocenters. The summed E-state index contributed by atoms with van der Waals surface area (Å²) >= 11 is 0. The highest BCUT2D eigenvalue weighted by Crippen LogP contribution is 2.48. The van der Waals surface area contributed by atoms with Crippen LogP contribution in [0.4, 0.5) is 17.1 Å². The van der Waals surface area contributed by atoms with E-state index < -0.39 is 0 Å². The van der Waals surface area contributed by atoms with Crippen molar-refractivity contribution in [2.45, 2.75) is 143 Å². The summed E-state index contributed by atoms with van der Waals surface area (Å²) in [5, 5.41) is 0. The first-order valence-electron chi connectivity index (χ1n) is 20.4. The zero-order valence-electron chi connectivity index (χ0n) is 33.3. The van der Waals surface area contributed by atoms with Gasteiger partial charge in [0.15, 0.2) is 0 Å². The Hall–Kier alpha value is -3.98. The summed E-state index contributed by atoms with van der Waals surface area (Å²) in [6.07, 6.45) is 23.7. The summed E-state index contributed by atoms with van der Waals surface area (Å²) in [5.41, 5.74) is 15.3. The van der Waals surface area contributed by atoms with E-state index in [1.165, 1.54) is 115 Å². The molecule has 274 valence electrons. The molecule has 52 heavy (non-hydrogen) atoms. The van der Waals surface area contributed by atoms with Crippen molar-refractivity contribution in [3.63, 3.8) is 0 Å². The molecule has 2 heterocycles. The normalized spacial score (nSPS) is 20.4. The number of benzene rings is 3. The van der Waals surface area contributed by atoms with Crippen LogP contribution >= 0.6 is 0 Å². The van der Waals surface area contributed by atoms with Gasteiger partial charge < -0.3 is 4.90 Å². The lowest BCUT2D eigenvalue weighted by Crippen LogP contribution is -2.27.